The number of esters is 2. The van der Waals surface area contributed by atoms with E-state index in [2.05, 4.69) is 9.47 Å². The van der Waals surface area contributed by atoms with Crippen LogP contribution in [0.2, 0.25) is 0 Å². The van der Waals surface area contributed by atoms with Crippen molar-refractivity contribution in [1.29, 1.82) is 0 Å². The Bertz CT molecular complexity index is 1090. The lowest BCUT2D eigenvalue weighted by molar-refractivity contribution is -0.144. The number of hydrogen-bond acceptors (Lipinski definition) is 4. The molecule has 35 heavy (non-hydrogen) atoms. The quantitative estimate of drug-likeness (QED) is 0.149. The van der Waals surface area contributed by atoms with E-state index in [0.717, 1.165) is 0 Å². The van der Waals surface area contributed by atoms with E-state index in [1.54, 1.807) is 0 Å². The molecular weight excluding hydrogens is 499 g/mol. The van der Waals surface area contributed by atoms with Crippen LogP contribution in [0.4, 0.5) is 39.5 Å². The number of hydrogen-bond donors (Lipinski definition) is 0. The van der Waals surface area contributed by atoms with Crippen LogP contribution in [-0.4, -0.2) is 11.9 Å². The van der Waals surface area contributed by atoms with E-state index in [9.17, 15) is 49.1 Å². The van der Waals surface area contributed by atoms with E-state index in [4.69, 9.17) is 0 Å². The lowest BCUT2D eigenvalue weighted by atomic mass is 9.97. The highest BCUT2D eigenvalue weighted by Crippen LogP contribution is 2.31. The van der Waals surface area contributed by atoms with E-state index in [1.807, 2.05) is 0 Å². The standard InChI is InChI=1S/C11H9F5O2.C11H10F4O2/c1-11(2,3)10(17)18-9-7(15)5(13)4(12)6(14)8(9)16;1-11(2,3)10(16)17-9-7(14)5(12)4-6(13)8(9)15/h1-3H3;4H,1-3H3. The predicted molar refractivity (Wildman–Crippen MR) is 103 cm³/mol. The van der Waals surface area contributed by atoms with Gasteiger partial charge < -0.3 is 9.47 Å². The van der Waals surface area contributed by atoms with Gasteiger partial charge in [-0.2, -0.15) is 17.6 Å². The molecule has 0 bridgehead atoms. The molecule has 0 unspecified atom stereocenters. The predicted octanol–water partition coefficient (Wildman–Crippen LogP) is 6.53. The summed E-state index contributed by atoms with van der Waals surface area (Å²) in [5.74, 6) is -22.8. The molecule has 194 valence electrons. The summed E-state index contributed by atoms with van der Waals surface area (Å²) in [4.78, 5) is 22.7. The molecule has 0 saturated heterocycles. The number of carbonyl (C=O) groups is 2. The summed E-state index contributed by atoms with van der Waals surface area (Å²) >= 11 is 0. The first kappa shape index (κ1) is 29.8. The fourth-order valence-corrected chi connectivity index (χ4v) is 1.81. The first-order valence-corrected chi connectivity index (χ1v) is 9.50. The molecule has 2 aromatic carbocycles. The van der Waals surface area contributed by atoms with Crippen molar-refractivity contribution in [1.82, 2.24) is 0 Å². The molecule has 13 heteroatoms. The van der Waals surface area contributed by atoms with Crippen LogP contribution in [0.15, 0.2) is 6.07 Å². The number of carbonyl (C=O) groups excluding carboxylic acids is 2. The third-order valence-corrected chi connectivity index (χ3v) is 3.86. The zero-order valence-corrected chi connectivity index (χ0v) is 19.1. The molecule has 4 nitrogen and oxygen atoms in total. The molecule has 0 aromatic heterocycles. The van der Waals surface area contributed by atoms with Crippen molar-refractivity contribution in [3.05, 3.63) is 58.4 Å². The lowest BCUT2D eigenvalue weighted by Crippen LogP contribution is -2.26. The van der Waals surface area contributed by atoms with Crippen molar-refractivity contribution in [2.45, 2.75) is 41.5 Å². The molecule has 0 aliphatic carbocycles. The maximum atomic E-state index is 13.2. The Balaban J connectivity index is 0.000000351. The first-order chi connectivity index (χ1) is 15.7. The highest BCUT2D eigenvalue weighted by Gasteiger charge is 2.32. The number of halogens is 9. The first-order valence-electron chi connectivity index (χ1n) is 9.50. The molecule has 0 aliphatic heterocycles. The minimum absolute atomic E-state index is 0.0408. The second-order valence-corrected chi connectivity index (χ2v) is 8.98. The van der Waals surface area contributed by atoms with E-state index in [0.29, 0.717) is 0 Å². The fraction of sp³-hybridized carbons (Fsp3) is 0.364. The van der Waals surface area contributed by atoms with Gasteiger partial charge in [-0.15, -0.1) is 0 Å². The van der Waals surface area contributed by atoms with E-state index in [-0.39, 0.29) is 6.07 Å². The molecule has 0 spiro atoms. The largest absolute Gasteiger partial charge is 0.420 e. The average molecular weight is 518 g/mol. The van der Waals surface area contributed by atoms with E-state index in [1.165, 1.54) is 41.5 Å². The Morgan fingerprint density at radius 2 is 0.771 bits per heavy atom. The molecule has 0 heterocycles. The van der Waals surface area contributed by atoms with Gasteiger partial charge in [0.1, 0.15) is 0 Å². The monoisotopic (exact) mass is 518 g/mol. The number of ether oxygens (including phenoxy) is 2. The van der Waals surface area contributed by atoms with Crippen LogP contribution in [0.5, 0.6) is 11.5 Å². The van der Waals surface area contributed by atoms with Crippen molar-refractivity contribution >= 4 is 11.9 Å². The third kappa shape index (κ3) is 6.89. The second kappa shape index (κ2) is 10.6. The highest BCUT2D eigenvalue weighted by molar-refractivity contribution is 5.78. The Morgan fingerprint density at radius 1 is 0.514 bits per heavy atom. The summed E-state index contributed by atoms with van der Waals surface area (Å²) in [6.45, 7) is 8.38. The van der Waals surface area contributed by atoms with E-state index < -0.39 is 86.6 Å². The van der Waals surface area contributed by atoms with Crippen molar-refractivity contribution in [3.63, 3.8) is 0 Å². The van der Waals surface area contributed by atoms with Crippen LogP contribution in [0.3, 0.4) is 0 Å². The zero-order valence-electron chi connectivity index (χ0n) is 19.1. The maximum Gasteiger partial charge on any atom is 0.316 e. The molecule has 0 fully saturated rings. The Hall–Kier alpha value is -3.25. The molecular formula is C22H19F9O4. The topological polar surface area (TPSA) is 52.6 Å². The molecule has 0 amide bonds. The van der Waals surface area contributed by atoms with Gasteiger partial charge in [0.15, 0.2) is 11.6 Å². The Kier molecular flexibility index (Phi) is 8.99. The van der Waals surface area contributed by atoms with Crippen molar-refractivity contribution in [2.75, 3.05) is 0 Å². The summed E-state index contributed by atoms with van der Waals surface area (Å²) in [6.07, 6.45) is 0. The lowest BCUT2D eigenvalue weighted by Gasteiger charge is -2.17. The van der Waals surface area contributed by atoms with Crippen LogP contribution in [0.25, 0.3) is 0 Å². The van der Waals surface area contributed by atoms with Gasteiger partial charge in [-0.05, 0) is 41.5 Å². The summed E-state index contributed by atoms with van der Waals surface area (Å²) in [6, 6.07) is 0.0408. The minimum atomic E-state index is -2.31. The smallest absolute Gasteiger partial charge is 0.316 e. The summed E-state index contributed by atoms with van der Waals surface area (Å²) in [5, 5.41) is 0. The van der Waals surface area contributed by atoms with Crippen LogP contribution in [0.1, 0.15) is 41.5 Å². The summed E-state index contributed by atoms with van der Waals surface area (Å²) in [7, 11) is 0. The molecule has 0 aliphatic rings. The van der Waals surface area contributed by atoms with Crippen molar-refractivity contribution in [3.8, 4) is 11.5 Å². The third-order valence-electron chi connectivity index (χ3n) is 3.86. The van der Waals surface area contributed by atoms with Gasteiger partial charge in [0, 0.05) is 6.07 Å². The molecule has 0 radical (unpaired) electrons. The van der Waals surface area contributed by atoms with Gasteiger partial charge in [0.25, 0.3) is 0 Å². The molecule has 2 aromatic rings. The van der Waals surface area contributed by atoms with E-state index >= 15 is 0 Å². The van der Waals surface area contributed by atoms with Gasteiger partial charge in [-0.3, -0.25) is 9.59 Å². The van der Waals surface area contributed by atoms with Crippen LogP contribution in [-0.2, 0) is 9.59 Å². The maximum absolute atomic E-state index is 13.2. The second-order valence-electron chi connectivity index (χ2n) is 8.98. The van der Waals surface area contributed by atoms with Gasteiger partial charge in [-0.25, -0.2) is 22.0 Å². The summed E-state index contributed by atoms with van der Waals surface area (Å²) in [5.41, 5.74) is -2.21. The normalized spacial score (nSPS) is 11.5. The SMILES string of the molecule is CC(C)(C)C(=O)Oc1c(F)c(F)c(F)c(F)c1F.CC(C)(C)C(=O)Oc1c(F)c(F)cc(F)c1F. The number of benzene rings is 2. The Labute approximate surface area is 193 Å². The van der Waals surface area contributed by atoms with Gasteiger partial charge >= 0.3 is 11.9 Å². The van der Waals surface area contributed by atoms with Gasteiger partial charge in [0.2, 0.25) is 52.2 Å². The van der Waals surface area contributed by atoms with Gasteiger partial charge in [0.05, 0.1) is 10.8 Å². The molecule has 2 rings (SSSR count). The minimum Gasteiger partial charge on any atom is -0.420 e. The summed E-state index contributed by atoms with van der Waals surface area (Å²) < 4.78 is 125. The zero-order chi connectivity index (χ0) is 27.6. The highest BCUT2D eigenvalue weighted by atomic mass is 19.2. The van der Waals surface area contributed by atoms with Crippen LogP contribution < -0.4 is 9.47 Å². The molecule has 0 saturated carbocycles. The molecule has 0 atom stereocenters. The van der Waals surface area contributed by atoms with Crippen LogP contribution >= 0.6 is 0 Å². The van der Waals surface area contributed by atoms with Gasteiger partial charge in [-0.1, -0.05) is 0 Å². The number of rotatable bonds is 2. The van der Waals surface area contributed by atoms with Crippen molar-refractivity contribution in [2.24, 2.45) is 10.8 Å². The Morgan fingerprint density at radius 3 is 1.06 bits per heavy atom. The fourth-order valence-electron chi connectivity index (χ4n) is 1.81. The average Bonchev–Trinajstić information content (AvgIpc) is 2.74. The van der Waals surface area contributed by atoms with Crippen LogP contribution in [0, 0.1) is 63.2 Å². The molecule has 0 N–H and O–H groups in total. The van der Waals surface area contributed by atoms with Crippen molar-refractivity contribution < 1.29 is 58.6 Å².